The molecular formula is C11H13N2O4-. The highest BCUT2D eigenvalue weighted by molar-refractivity contribution is 5.87. The lowest BCUT2D eigenvalue weighted by Gasteiger charge is -2.11. The van der Waals surface area contributed by atoms with Crippen LogP contribution in [0.3, 0.4) is 0 Å². The maximum Gasteiger partial charge on any atom is 0.411 e. The Kier molecular flexibility index (Phi) is 4.33. The van der Waals surface area contributed by atoms with Crippen molar-refractivity contribution in [3.63, 3.8) is 0 Å². The van der Waals surface area contributed by atoms with E-state index in [0.717, 1.165) is 0 Å². The van der Waals surface area contributed by atoms with Gasteiger partial charge in [0.05, 0.1) is 12.8 Å². The molecule has 6 nitrogen and oxygen atoms in total. The monoisotopic (exact) mass is 237 g/mol. The predicted molar refractivity (Wildman–Crippen MR) is 61.3 cm³/mol. The number of methoxy groups -OCH3 is 2. The second-order valence-electron chi connectivity index (χ2n) is 3.15. The molecule has 1 N–H and O–H groups in total. The highest BCUT2D eigenvalue weighted by atomic mass is 16.6. The van der Waals surface area contributed by atoms with Crippen molar-refractivity contribution in [3.05, 3.63) is 23.8 Å². The van der Waals surface area contributed by atoms with Gasteiger partial charge in [0.25, 0.3) is 0 Å². The Hall–Kier alpha value is -2.24. The SMILES string of the molecule is COC(=O)Nc1cccc(N=C([O-])OC)c1C. The van der Waals surface area contributed by atoms with Crippen molar-refractivity contribution in [2.45, 2.75) is 6.92 Å². The van der Waals surface area contributed by atoms with Gasteiger partial charge in [0, 0.05) is 5.69 Å². The van der Waals surface area contributed by atoms with Crippen LogP contribution in [0, 0.1) is 6.92 Å². The number of carbonyl (C=O) groups is 1. The van der Waals surface area contributed by atoms with Crippen LogP contribution in [0.2, 0.25) is 0 Å². The molecule has 0 unspecified atom stereocenters. The zero-order chi connectivity index (χ0) is 12.8. The fourth-order valence-corrected chi connectivity index (χ4v) is 1.18. The smallest absolute Gasteiger partial charge is 0.411 e. The topological polar surface area (TPSA) is 83.0 Å². The number of amides is 1. The van der Waals surface area contributed by atoms with Gasteiger partial charge in [-0.1, -0.05) is 6.07 Å². The maximum atomic E-state index is 11.1. The summed E-state index contributed by atoms with van der Waals surface area (Å²) in [4.78, 5) is 14.8. The fraction of sp³-hybridized carbons (Fsp3) is 0.273. The Morgan fingerprint density at radius 1 is 1.35 bits per heavy atom. The molecule has 1 aromatic carbocycles. The third-order valence-corrected chi connectivity index (χ3v) is 2.11. The third-order valence-electron chi connectivity index (χ3n) is 2.11. The normalized spacial score (nSPS) is 10.9. The molecule has 0 bridgehead atoms. The Labute approximate surface area is 98.9 Å². The minimum atomic E-state index is -0.691. The van der Waals surface area contributed by atoms with E-state index in [4.69, 9.17) is 0 Å². The van der Waals surface area contributed by atoms with E-state index in [1.54, 1.807) is 25.1 Å². The standard InChI is InChI=1S/C11H14N2O4/c1-7-8(12-10(14)16-2)5-4-6-9(7)13-11(15)17-3/h4-6H,1-3H3,(H,12,14)(H,13,15)/p-1. The number of anilines is 1. The second-order valence-corrected chi connectivity index (χ2v) is 3.15. The molecule has 92 valence electrons. The van der Waals surface area contributed by atoms with Gasteiger partial charge in [0.1, 0.15) is 0 Å². The van der Waals surface area contributed by atoms with Crippen LogP contribution in [0.4, 0.5) is 16.2 Å². The highest BCUT2D eigenvalue weighted by Crippen LogP contribution is 2.25. The Morgan fingerprint density at radius 2 is 2.06 bits per heavy atom. The van der Waals surface area contributed by atoms with Crippen LogP contribution in [-0.4, -0.2) is 26.4 Å². The van der Waals surface area contributed by atoms with Crippen LogP contribution < -0.4 is 10.4 Å². The molecule has 0 saturated carbocycles. The van der Waals surface area contributed by atoms with Crippen molar-refractivity contribution in [3.8, 4) is 0 Å². The maximum absolute atomic E-state index is 11.1. The molecule has 0 atom stereocenters. The summed E-state index contributed by atoms with van der Waals surface area (Å²) in [5.74, 6) is 0. The highest BCUT2D eigenvalue weighted by Gasteiger charge is 2.06. The Morgan fingerprint density at radius 3 is 2.65 bits per heavy atom. The third kappa shape index (κ3) is 3.37. The molecule has 0 heterocycles. The minimum absolute atomic E-state index is 0.436. The van der Waals surface area contributed by atoms with Gasteiger partial charge in [-0.25, -0.2) is 9.79 Å². The number of hydrogen-bond acceptors (Lipinski definition) is 5. The first-order chi connectivity index (χ1) is 8.08. The molecule has 0 spiro atoms. The predicted octanol–water partition coefficient (Wildman–Crippen LogP) is 1.17. The second kappa shape index (κ2) is 5.74. The van der Waals surface area contributed by atoms with Gasteiger partial charge in [0.15, 0.2) is 6.08 Å². The molecule has 0 fully saturated rings. The average Bonchev–Trinajstić information content (AvgIpc) is 2.33. The number of aliphatic imine (C=N–C) groups is 1. The zero-order valence-electron chi connectivity index (χ0n) is 9.81. The number of nitrogens with one attached hydrogen (secondary N) is 1. The first kappa shape index (κ1) is 12.8. The number of nitrogens with zero attached hydrogens (tertiary/aromatic N) is 1. The van der Waals surface area contributed by atoms with Crippen LogP contribution in [-0.2, 0) is 9.47 Å². The molecule has 6 heteroatoms. The molecule has 0 radical (unpaired) electrons. The summed E-state index contributed by atoms with van der Waals surface area (Å²) in [6.45, 7) is 1.73. The summed E-state index contributed by atoms with van der Waals surface area (Å²) in [5, 5.41) is 13.5. The number of carbonyl (C=O) groups excluding carboxylic acids is 1. The number of benzene rings is 1. The lowest BCUT2D eigenvalue weighted by molar-refractivity contribution is -0.247. The van der Waals surface area contributed by atoms with E-state index in [9.17, 15) is 9.90 Å². The van der Waals surface area contributed by atoms with Crippen molar-refractivity contribution in [2.75, 3.05) is 19.5 Å². The summed E-state index contributed by atoms with van der Waals surface area (Å²) < 4.78 is 8.91. The first-order valence-electron chi connectivity index (χ1n) is 4.82. The molecule has 0 aromatic heterocycles. The lowest BCUT2D eigenvalue weighted by Crippen LogP contribution is -2.18. The lowest BCUT2D eigenvalue weighted by atomic mass is 10.1. The molecular weight excluding hydrogens is 224 g/mol. The summed E-state index contributed by atoms with van der Waals surface area (Å²) in [6, 6.07) is 5.00. The quantitative estimate of drug-likeness (QED) is 0.618. The van der Waals surface area contributed by atoms with E-state index in [0.29, 0.717) is 16.9 Å². The van der Waals surface area contributed by atoms with Crippen molar-refractivity contribution < 1.29 is 19.4 Å². The Balaban J connectivity index is 3.03. The summed E-state index contributed by atoms with van der Waals surface area (Å²) in [7, 11) is 2.52. The molecule has 0 aliphatic rings. The van der Waals surface area contributed by atoms with Crippen LogP contribution in [0.15, 0.2) is 23.2 Å². The zero-order valence-corrected chi connectivity index (χ0v) is 9.81. The first-order valence-corrected chi connectivity index (χ1v) is 4.82. The molecule has 1 amide bonds. The molecule has 1 rings (SSSR count). The van der Waals surface area contributed by atoms with Gasteiger partial charge < -0.3 is 14.6 Å². The van der Waals surface area contributed by atoms with Gasteiger partial charge in [-0.3, -0.25) is 5.32 Å². The molecule has 0 saturated heterocycles. The summed E-state index contributed by atoms with van der Waals surface area (Å²) in [6.07, 6.45) is -1.27. The van der Waals surface area contributed by atoms with E-state index in [1.807, 2.05) is 0 Å². The van der Waals surface area contributed by atoms with Crippen LogP contribution in [0.25, 0.3) is 0 Å². The number of ether oxygens (including phenoxy) is 2. The molecule has 17 heavy (non-hydrogen) atoms. The van der Waals surface area contributed by atoms with E-state index < -0.39 is 12.2 Å². The average molecular weight is 237 g/mol. The van der Waals surface area contributed by atoms with Crippen molar-refractivity contribution in [2.24, 2.45) is 4.99 Å². The number of rotatable bonds is 2. The summed E-state index contributed by atoms with van der Waals surface area (Å²) >= 11 is 0. The molecule has 0 aliphatic carbocycles. The summed E-state index contributed by atoms with van der Waals surface area (Å²) in [5.41, 5.74) is 1.62. The minimum Gasteiger partial charge on any atom is -0.603 e. The van der Waals surface area contributed by atoms with Crippen molar-refractivity contribution in [1.82, 2.24) is 0 Å². The van der Waals surface area contributed by atoms with E-state index >= 15 is 0 Å². The van der Waals surface area contributed by atoms with Crippen molar-refractivity contribution >= 4 is 23.6 Å². The van der Waals surface area contributed by atoms with Crippen molar-refractivity contribution in [1.29, 1.82) is 0 Å². The van der Waals surface area contributed by atoms with Crippen LogP contribution >= 0.6 is 0 Å². The van der Waals surface area contributed by atoms with Gasteiger partial charge in [0.2, 0.25) is 0 Å². The van der Waals surface area contributed by atoms with Gasteiger partial charge in [-0.15, -0.1) is 0 Å². The largest absolute Gasteiger partial charge is 0.603 e. The van der Waals surface area contributed by atoms with Gasteiger partial charge in [-0.2, -0.15) is 0 Å². The van der Waals surface area contributed by atoms with E-state index in [-0.39, 0.29) is 0 Å². The Bertz CT molecular complexity index is 443. The van der Waals surface area contributed by atoms with E-state index in [1.165, 1.54) is 14.2 Å². The molecule has 0 aliphatic heterocycles. The van der Waals surface area contributed by atoms with Crippen LogP contribution in [0.1, 0.15) is 5.56 Å². The fourth-order valence-electron chi connectivity index (χ4n) is 1.18. The van der Waals surface area contributed by atoms with Gasteiger partial charge in [-0.05, 0) is 31.7 Å². The van der Waals surface area contributed by atoms with Crippen LogP contribution in [0.5, 0.6) is 0 Å². The number of hydrogen-bond donors (Lipinski definition) is 1. The van der Waals surface area contributed by atoms with E-state index in [2.05, 4.69) is 19.8 Å². The van der Waals surface area contributed by atoms with Gasteiger partial charge >= 0.3 is 6.09 Å². The molecule has 1 aromatic rings.